The zero-order chi connectivity index (χ0) is 14.5. The van der Waals surface area contributed by atoms with Crippen molar-refractivity contribution in [3.05, 3.63) is 24.3 Å². The second-order valence-electron chi connectivity index (χ2n) is 3.84. The van der Waals surface area contributed by atoms with E-state index in [1.807, 2.05) is 0 Å². The summed E-state index contributed by atoms with van der Waals surface area (Å²) in [7, 11) is 0. The number of aliphatic hydroxyl groups excluding tert-OH is 2. The molecule has 0 aliphatic carbocycles. The topological polar surface area (TPSA) is 85.2 Å². The molecule has 0 aliphatic rings. The van der Waals surface area contributed by atoms with Crippen LogP contribution in [0, 0.1) is 0 Å². The van der Waals surface area contributed by atoms with Gasteiger partial charge in [-0.1, -0.05) is 18.7 Å². The molecule has 0 aromatic carbocycles. The van der Waals surface area contributed by atoms with Crippen LogP contribution in [0.25, 0.3) is 0 Å². The molecule has 0 aromatic rings. The van der Waals surface area contributed by atoms with Gasteiger partial charge in [0.05, 0.1) is 33.0 Å². The Morgan fingerprint density at radius 1 is 1.26 bits per heavy atom. The summed E-state index contributed by atoms with van der Waals surface area (Å²) < 4.78 is 14.9. The number of rotatable bonds is 11. The molecule has 6 nitrogen and oxygen atoms in total. The highest BCUT2D eigenvalue weighted by molar-refractivity contribution is 5.86. The van der Waals surface area contributed by atoms with Crippen molar-refractivity contribution in [2.24, 2.45) is 0 Å². The Kier molecular flexibility index (Phi) is 11.1. The van der Waals surface area contributed by atoms with Crippen molar-refractivity contribution in [3.63, 3.8) is 0 Å². The number of carbonyl (C=O) groups is 1. The fourth-order valence-electron chi connectivity index (χ4n) is 0.967. The average Bonchev–Trinajstić information content (AvgIpc) is 2.38. The Morgan fingerprint density at radius 2 is 1.89 bits per heavy atom. The zero-order valence-electron chi connectivity index (χ0n) is 11.2. The molecule has 0 aromatic heterocycles. The van der Waals surface area contributed by atoms with Gasteiger partial charge in [0.1, 0.15) is 12.7 Å². The Bertz CT molecular complexity index is 287. The highest BCUT2D eigenvalue weighted by Crippen LogP contribution is 1.95. The van der Waals surface area contributed by atoms with Gasteiger partial charge in [-0.2, -0.15) is 0 Å². The van der Waals surface area contributed by atoms with Gasteiger partial charge < -0.3 is 24.4 Å². The molecular formula is C13H22O6. The van der Waals surface area contributed by atoms with Gasteiger partial charge in [-0.3, -0.25) is 0 Å². The second kappa shape index (κ2) is 11.9. The van der Waals surface area contributed by atoms with Gasteiger partial charge in [0.25, 0.3) is 0 Å². The van der Waals surface area contributed by atoms with Gasteiger partial charge in [-0.25, -0.2) is 4.79 Å². The van der Waals surface area contributed by atoms with Gasteiger partial charge in [-0.15, -0.1) is 0 Å². The molecule has 1 atom stereocenters. The molecule has 0 amide bonds. The molecule has 0 rings (SSSR count). The summed E-state index contributed by atoms with van der Waals surface area (Å²) in [4.78, 5) is 11.0. The number of esters is 1. The minimum Gasteiger partial charge on any atom is -0.460 e. The molecule has 0 fully saturated rings. The van der Waals surface area contributed by atoms with E-state index in [4.69, 9.17) is 19.3 Å². The van der Waals surface area contributed by atoms with Crippen molar-refractivity contribution >= 4 is 5.97 Å². The molecule has 0 radical (unpaired) electrons. The van der Waals surface area contributed by atoms with Crippen LogP contribution < -0.4 is 0 Å². The van der Waals surface area contributed by atoms with Crippen LogP contribution in [0.5, 0.6) is 0 Å². The predicted molar refractivity (Wildman–Crippen MR) is 69.6 cm³/mol. The third-order valence-electron chi connectivity index (χ3n) is 1.90. The highest BCUT2D eigenvalue weighted by atomic mass is 16.5. The van der Waals surface area contributed by atoms with E-state index in [1.54, 1.807) is 12.2 Å². The van der Waals surface area contributed by atoms with Crippen LogP contribution in [0.4, 0.5) is 0 Å². The van der Waals surface area contributed by atoms with Gasteiger partial charge in [-0.05, 0) is 6.92 Å². The van der Waals surface area contributed by atoms with Gasteiger partial charge in [0, 0.05) is 5.57 Å². The summed E-state index contributed by atoms with van der Waals surface area (Å²) in [6, 6.07) is 0. The van der Waals surface area contributed by atoms with E-state index in [1.165, 1.54) is 6.92 Å². The van der Waals surface area contributed by atoms with Crippen molar-refractivity contribution in [1.29, 1.82) is 0 Å². The summed E-state index contributed by atoms with van der Waals surface area (Å²) in [5, 5.41) is 17.9. The van der Waals surface area contributed by atoms with Crippen LogP contribution in [0.3, 0.4) is 0 Å². The molecule has 2 N–H and O–H groups in total. The smallest absolute Gasteiger partial charge is 0.333 e. The molecule has 110 valence electrons. The molecular weight excluding hydrogens is 252 g/mol. The van der Waals surface area contributed by atoms with Gasteiger partial charge in [0.15, 0.2) is 0 Å². The first-order valence-electron chi connectivity index (χ1n) is 6.00. The van der Waals surface area contributed by atoms with Crippen LogP contribution in [0.1, 0.15) is 6.92 Å². The number of carbonyl (C=O) groups excluding carboxylic acids is 1. The lowest BCUT2D eigenvalue weighted by Crippen LogP contribution is -2.24. The summed E-state index contributed by atoms with van der Waals surface area (Å²) in [5.41, 5.74) is 0.291. The number of hydrogen-bond acceptors (Lipinski definition) is 6. The molecule has 1 unspecified atom stereocenters. The molecule has 19 heavy (non-hydrogen) atoms. The second-order valence-corrected chi connectivity index (χ2v) is 3.84. The van der Waals surface area contributed by atoms with Crippen molar-refractivity contribution in [3.8, 4) is 0 Å². The van der Waals surface area contributed by atoms with Crippen molar-refractivity contribution in [1.82, 2.24) is 0 Å². The number of hydrogen-bond donors (Lipinski definition) is 2. The average molecular weight is 274 g/mol. The van der Waals surface area contributed by atoms with E-state index >= 15 is 0 Å². The maximum absolute atomic E-state index is 11.0. The lowest BCUT2D eigenvalue weighted by atomic mass is 10.3. The fraction of sp³-hybridized carbons (Fsp3) is 0.615. The minimum absolute atomic E-state index is 0.000560. The summed E-state index contributed by atoms with van der Waals surface area (Å²) >= 11 is 0. The van der Waals surface area contributed by atoms with E-state index in [0.29, 0.717) is 25.4 Å². The molecule has 0 spiro atoms. The summed E-state index contributed by atoms with van der Waals surface area (Å²) in [6.07, 6.45) is 2.63. The first-order valence-corrected chi connectivity index (χ1v) is 6.00. The third kappa shape index (κ3) is 11.6. The number of ether oxygens (including phenoxy) is 3. The van der Waals surface area contributed by atoms with Crippen LogP contribution in [0.2, 0.25) is 0 Å². The highest BCUT2D eigenvalue weighted by Gasteiger charge is 2.08. The first-order chi connectivity index (χ1) is 9.07. The number of aliphatic hydroxyl groups is 2. The normalized spacial score (nSPS) is 12.6. The molecule has 0 saturated carbocycles. The van der Waals surface area contributed by atoms with Crippen molar-refractivity contribution < 1.29 is 29.2 Å². The maximum atomic E-state index is 11.0. The van der Waals surface area contributed by atoms with Crippen LogP contribution in [-0.4, -0.2) is 61.9 Å². The largest absolute Gasteiger partial charge is 0.460 e. The fourth-order valence-corrected chi connectivity index (χ4v) is 0.967. The molecule has 0 aliphatic heterocycles. The van der Waals surface area contributed by atoms with Crippen LogP contribution in [0.15, 0.2) is 24.3 Å². The van der Waals surface area contributed by atoms with E-state index in [0.717, 1.165) is 0 Å². The molecule has 0 heterocycles. The summed E-state index contributed by atoms with van der Waals surface area (Å²) in [6.45, 7) is 5.96. The predicted octanol–water partition coefficient (Wildman–Crippen LogP) is 0.0483. The van der Waals surface area contributed by atoms with Gasteiger partial charge in [0.2, 0.25) is 0 Å². The van der Waals surface area contributed by atoms with E-state index in [2.05, 4.69) is 6.58 Å². The van der Waals surface area contributed by atoms with Crippen LogP contribution >= 0.6 is 0 Å². The van der Waals surface area contributed by atoms with Gasteiger partial charge >= 0.3 is 5.97 Å². The monoisotopic (exact) mass is 274 g/mol. The Morgan fingerprint density at radius 3 is 2.47 bits per heavy atom. The standard InChI is InChI=1S/C13H22O6/c1-11(2)13(16)19-10-12(15)9-18-7-4-3-6-17-8-5-14/h3-4,12,14-15H,1,5-10H2,2H3/b4-3-. The lowest BCUT2D eigenvalue weighted by Gasteiger charge is -2.10. The molecule has 6 heteroatoms. The lowest BCUT2D eigenvalue weighted by molar-refractivity contribution is -0.142. The minimum atomic E-state index is -0.859. The first kappa shape index (κ1) is 17.8. The maximum Gasteiger partial charge on any atom is 0.333 e. The Hall–Kier alpha value is -1.21. The van der Waals surface area contributed by atoms with Crippen molar-refractivity contribution in [2.45, 2.75) is 13.0 Å². The Labute approximate surface area is 113 Å². The molecule has 0 bridgehead atoms. The zero-order valence-corrected chi connectivity index (χ0v) is 11.2. The van der Waals surface area contributed by atoms with E-state index in [9.17, 15) is 9.90 Å². The quantitative estimate of drug-likeness (QED) is 0.240. The Balaban J connectivity index is 3.45. The summed E-state index contributed by atoms with van der Waals surface area (Å²) in [5.74, 6) is -0.528. The van der Waals surface area contributed by atoms with E-state index < -0.39 is 12.1 Å². The SMILES string of the molecule is C=C(C)C(=O)OCC(O)COC/C=C\COCCO. The van der Waals surface area contributed by atoms with Crippen molar-refractivity contribution in [2.75, 3.05) is 39.6 Å². The third-order valence-corrected chi connectivity index (χ3v) is 1.90. The van der Waals surface area contributed by atoms with E-state index in [-0.39, 0.29) is 19.8 Å². The molecule has 0 saturated heterocycles. The van der Waals surface area contributed by atoms with Crippen LogP contribution in [-0.2, 0) is 19.0 Å².